The maximum atomic E-state index is 12.8. The highest BCUT2D eigenvalue weighted by Crippen LogP contribution is 2.36. The van der Waals surface area contributed by atoms with Gasteiger partial charge < -0.3 is 9.64 Å². The number of aromatic nitrogens is 1. The smallest absolute Gasteiger partial charge is 0.228 e. The molecule has 0 bridgehead atoms. The molecule has 1 aromatic heterocycles. The van der Waals surface area contributed by atoms with E-state index in [1.54, 1.807) is 11.3 Å². The number of thiazole rings is 1. The second-order valence-electron chi connectivity index (χ2n) is 7.42. The fourth-order valence-corrected chi connectivity index (χ4v) is 4.39. The van der Waals surface area contributed by atoms with Gasteiger partial charge in [0.25, 0.3) is 0 Å². The molecule has 0 unspecified atom stereocenters. The van der Waals surface area contributed by atoms with E-state index in [0.29, 0.717) is 6.61 Å². The summed E-state index contributed by atoms with van der Waals surface area (Å²) in [7, 11) is 0. The number of carbonyl (C=O) groups is 1. The zero-order valence-corrected chi connectivity index (χ0v) is 14.6. The zero-order valence-electron chi connectivity index (χ0n) is 13.8. The van der Waals surface area contributed by atoms with Gasteiger partial charge in [0.15, 0.2) is 0 Å². The maximum Gasteiger partial charge on any atom is 0.228 e. The highest BCUT2D eigenvalue weighted by Gasteiger charge is 2.35. The Morgan fingerprint density at radius 3 is 2.82 bits per heavy atom. The molecule has 0 N–H and O–H groups in total. The van der Waals surface area contributed by atoms with E-state index >= 15 is 0 Å². The van der Waals surface area contributed by atoms with Crippen LogP contribution in [0.2, 0.25) is 0 Å². The average Bonchev–Trinajstić information content (AvgIpc) is 3.17. The van der Waals surface area contributed by atoms with Gasteiger partial charge in [-0.2, -0.15) is 0 Å². The van der Waals surface area contributed by atoms with Gasteiger partial charge in [0.2, 0.25) is 5.91 Å². The van der Waals surface area contributed by atoms with Crippen LogP contribution in [0, 0.1) is 5.92 Å². The molecule has 3 heterocycles. The Labute approximate surface area is 136 Å². The van der Waals surface area contributed by atoms with E-state index in [0.717, 1.165) is 43.1 Å². The Balaban J connectivity index is 1.80. The van der Waals surface area contributed by atoms with Crippen LogP contribution in [0.1, 0.15) is 63.2 Å². The summed E-state index contributed by atoms with van der Waals surface area (Å²) in [4.78, 5) is 19.7. The molecule has 22 heavy (non-hydrogen) atoms. The lowest BCUT2D eigenvalue weighted by molar-refractivity contribution is -0.139. The van der Waals surface area contributed by atoms with Gasteiger partial charge in [0.05, 0.1) is 24.3 Å². The summed E-state index contributed by atoms with van der Waals surface area (Å²) in [6.45, 7) is 8.74. The van der Waals surface area contributed by atoms with Crippen molar-refractivity contribution >= 4 is 17.2 Å². The number of amides is 1. The number of piperidine rings is 1. The number of hydrogen-bond acceptors (Lipinski definition) is 4. The van der Waals surface area contributed by atoms with Crippen LogP contribution in [0.3, 0.4) is 0 Å². The molecule has 0 aliphatic carbocycles. The fourth-order valence-electron chi connectivity index (χ4n) is 3.20. The van der Waals surface area contributed by atoms with Gasteiger partial charge in [-0.3, -0.25) is 4.79 Å². The molecule has 4 nitrogen and oxygen atoms in total. The topological polar surface area (TPSA) is 42.4 Å². The van der Waals surface area contributed by atoms with Crippen molar-refractivity contribution in [2.24, 2.45) is 5.92 Å². The summed E-state index contributed by atoms with van der Waals surface area (Å²) in [6, 6.07) is 0.169. The van der Waals surface area contributed by atoms with Crippen molar-refractivity contribution in [3.05, 3.63) is 16.1 Å². The lowest BCUT2D eigenvalue weighted by Gasteiger charge is -2.36. The van der Waals surface area contributed by atoms with E-state index in [4.69, 9.17) is 9.72 Å². The SMILES string of the molecule is CC(C)(C)c1csc([C@H]2CCCCN2C(=O)[C@@H]2CCOC2)n1. The lowest BCUT2D eigenvalue weighted by atomic mass is 9.93. The predicted octanol–water partition coefficient (Wildman–Crippen LogP) is 3.53. The molecule has 2 atom stereocenters. The Hall–Kier alpha value is -0.940. The average molecular weight is 322 g/mol. The van der Waals surface area contributed by atoms with Crippen molar-refractivity contribution in [3.8, 4) is 0 Å². The Morgan fingerprint density at radius 2 is 2.18 bits per heavy atom. The quantitative estimate of drug-likeness (QED) is 0.836. The third-order valence-electron chi connectivity index (χ3n) is 4.64. The van der Waals surface area contributed by atoms with Crippen molar-refractivity contribution in [3.63, 3.8) is 0 Å². The van der Waals surface area contributed by atoms with E-state index in [9.17, 15) is 4.79 Å². The molecular weight excluding hydrogens is 296 g/mol. The molecule has 2 aliphatic heterocycles. The Kier molecular flexibility index (Phi) is 4.55. The number of likely N-dealkylation sites (tertiary alicyclic amines) is 1. The first-order chi connectivity index (χ1) is 10.5. The summed E-state index contributed by atoms with van der Waals surface area (Å²) in [5.41, 5.74) is 1.20. The Morgan fingerprint density at radius 1 is 1.36 bits per heavy atom. The van der Waals surface area contributed by atoms with Crippen LogP contribution in [0.25, 0.3) is 0 Å². The summed E-state index contributed by atoms with van der Waals surface area (Å²) in [6.07, 6.45) is 4.19. The summed E-state index contributed by atoms with van der Waals surface area (Å²) in [5.74, 6) is 0.331. The van der Waals surface area contributed by atoms with E-state index < -0.39 is 0 Å². The van der Waals surface area contributed by atoms with Gasteiger partial charge in [-0.1, -0.05) is 20.8 Å². The van der Waals surface area contributed by atoms with Crippen LogP contribution in [0.15, 0.2) is 5.38 Å². The maximum absolute atomic E-state index is 12.8. The van der Waals surface area contributed by atoms with Gasteiger partial charge in [0.1, 0.15) is 5.01 Å². The first kappa shape index (κ1) is 15.9. The first-order valence-electron chi connectivity index (χ1n) is 8.31. The van der Waals surface area contributed by atoms with Crippen LogP contribution in [0.5, 0.6) is 0 Å². The van der Waals surface area contributed by atoms with Gasteiger partial charge in [-0.25, -0.2) is 4.98 Å². The van der Waals surface area contributed by atoms with Gasteiger partial charge in [-0.15, -0.1) is 11.3 Å². The van der Waals surface area contributed by atoms with Gasteiger partial charge in [0, 0.05) is 23.9 Å². The summed E-state index contributed by atoms with van der Waals surface area (Å²) in [5, 5.41) is 3.27. The molecule has 122 valence electrons. The third kappa shape index (κ3) is 3.20. The van der Waals surface area contributed by atoms with E-state index in [2.05, 4.69) is 31.1 Å². The number of hydrogen-bond donors (Lipinski definition) is 0. The highest BCUT2D eigenvalue weighted by molar-refractivity contribution is 7.09. The first-order valence-corrected chi connectivity index (χ1v) is 9.19. The van der Waals surface area contributed by atoms with Crippen LogP contribution in [-0.4, -0.2) is 35.5 Å². The minimum Gasteiger partial charge on any atom is -0.381 e. The minimum atomic E-state index is 0.0580. The molecule has 2 saturated heterocycles. The molecule has 2 fully saturated rings. The highest BCUT2D eigenvalue weighted by atomic mass is 32.1. The number of nitrogens with zero attached hydrogens (tertiary/aromatic N) is 2. The standard InChI is InChI=1S/C17H26N2O2S/c1-17(2,3)14-11-22-15(18-14)13-6-4-5-8-19(13)16(20)12-7-9-21-10-12/h11-13H,4-10H2,1-3H3/t12-,13-/m1/s1. The molecule has 0 radical (unpaired) electrons. The van der Waals surface area contributed by atoms with Crippen LogP contribution in [0.4, 0.5) is 0 Å². The largest absolute Gasteiger partial charge is 0.381 e. The minimum absolute atomic E-state index is 0.0580. The summed E-state index contributed by atoms with van der Waals surface area (Å²) < 4.78 is 5.40. The molecular formula is C17H26N2O2S. The third-order valence-corrected chi connectivity index (χ3v) is 5.59. The second kappa shape index (κ2) is 6.28. The molecule has 5 heteroatoms. The van der Waals surface area contributed by atoms with Crippen LogP contribution in [-0.2, 0) is 14.9 Å². The van der Waals surface area contributed by atoms with Gasteiger partial charge in [-0.05, 0) is 25.7 Å². The predicted molar refractivity (Wildman–Crippen MR) is 88.0 cm³/mol. The zero-order chi connectivity index (χ0) is 15.7. The van der Waals surface area contributed by atoms with Crippen molar-refractivity contribution in [1.29, 1.82) is 0 Å². The molecule has 0 aromatic carbocycles. The van der Waals surface area contributed by atoms with Crippen LogP contribution < -0.4 is 0 Å². The second-order valence-corrected chi connectivity index (χ2v) is 8.31. The normalized spacial score (nSPS) is 26.4. The Bertz CT molecular complexity index is 529. The van der Waals surface area contributed by atoms with Crippen molar-refractivity contribution in [2.45, 2.75) is 57.9 Å². The van der Waals surface area contributed by atoms with Gasteiger partial charge >= 0.3 is 0 Å². The number of ether oxygens (including phenoxy) is 1. The van der Waals surface area contributed by atoms with Crippen molar-refractivity contribution in [2.75, 3.05) is 19.8 Å². The molecule has 0 spiro atoms. The monoisotopic (exact) mass is 322 g/mol. The van der Waals surface area contributed by atoms with Crippen LogP contribution >= 0.6 is 11.3 Å². The molecule has 1 aromatic rings. The molecule has 2 aliphatic rings. The lowest BCUT2D eigenvalue weighted by Crippen LogP contribution is -2.42. The fraction of sp³-hybridized carbons (Fsp3) is 0.765. The molecule has 1 amide bonds. The number of rotatable bonds is 2. The van der Waals surface area contributed by atoms with Crippen molar-refractivity contribution < 1.29 is 9.53 Å². The number of carbonyl (C=O) groups excluding carboxylic acids is 1. The van der Waals surface area contributed by atoms with Crippen molar-refractivity contribution in [1.82, 2.24) is 9.88 Å². The van der Waals surface area contributed by atoms with E-state index in [-0.39, 0.29) is 23.3 Å². The van der Waals surface area contributed by atoms with E-state index in [1.807, 2.05) is 0 Å². The summed E-state index contributed by atoms with van der Waals surface area (Å²) >= 11 is 1.71. The molecule has 3 rings (SSSR count). The van der Waals surface area contributed by atoms with E-state index in [1.165, 1.54) is 6.42 Å². The molecule has 0 saturated carbocycles.